The third kappa shape index (κ3) is 4.06. The Morgan fingerprint density at radius 2 is 2.07 bits per heavy atom. The summed E-state index contributed by atoms with van der Waals surface area (Å²) in [6, 6.07) is 7.68. The lowest BCUT2D eigenvalue weighted by Crippen LogP contribution is -2.12. The Labute approximate surface area is 176 Å². The van der Waals surface area contributed by atoms with Crippen molar-refractivity contribution in [2.45, 2.75) is 37.8 Å². The normalized spacial score (nSPS) is 12.4. The fourth-order valence-electron chi connectivity index (χ4n) is 3.08. The fraction of sp³-hybridized carbons (Fsp3) is 0.300. The van der Waals surface area contributed by atoms with Gasteiger partial charge in [-0.25, -0.2) is 4.98 Å². The lowest BCUT2D eigenvalue weighted by Gasteiger charge is -2.16. The summed E-state index contributed by atoms with van der Waals surface area (Å²) in [6.07, 6.45) is 1.49. The van der Waals surface area contributed by atoms with Crippen molar-refractivity contribution >= 4 is 28.1 Å². The van der Waals surface area contributed by atoms with Gasteiger partial charge in [-0.1, -0.05) is 29.5 Å². The molecule has 9 heteroatoms. The van der Waals surface area contributed by atoms with E-state index in [4.69, 9.17) is 4.74 Å². The maximum Gasteiger partial charge on any atom is 0.258 e. The molecule has 0 aliphatic rings. The van der Waals surface area contributed by atoms with Crippen LogP contribution < -0.4 is 10.3 Å². The van der Waals surface area contributed by atoms with E-state index in [0.717, 1.165) is 28.0 Å². The van der Waals surface area contributed by atoms with Gasteiger partial charge < -0.3 is 9.30 Å². The summed E-state index contributed by atoms with van der Waals surface area (Å²) in [7, 11) is 1.92. The summed E-state index contributed by atoms with van der Waals surface area (Å²) in [5, 5.41) is 11.2. The molecule has 29 heavy (non-hydrogen) atoms. The standard InChI is InChI=1S/C20H21N5O2S2/c1-12-5-6-16(13(2)9-12)27-14(3)18-22-23-20(24(18)4)29-11-15-10-17(26)25-7-8-28-19(25)21-15/h5-10,14H,11H2,1-4H3. The van der Waals surface area contributed by atoms with Gasteiger partial charge in [0.05, 0.1) is 5.69 Å². The van der Waals surface area contributed by atoms with Crippen LogP contribution in [0.25, 0.3) is 4.96 Å². The Morgan fingerprint density at radius 3 is 2.86 bits per heavy atom. The molecule has 7 nitrogen and oxygen atoms in total. The summed E-state index contributed by atoms with van der Waals surface area (Å²) in [4.78, 5) is 17.4. The summed E-state index contributed by atoms with van der Waals surface area (Å²) in [6.45, 7) is 6.06. The topological polar surface area (TPSA) is 74.3 Å². The minimum absolute atomic E-state index is 0.0685. The molecule has 0 aliphatic carbocycles. The van der Waals surface area contributed by atoms with E-state index >= 15 is 0 Å². The van der Waals surface area contributed by atoms with Gasteiger partial charge >= 0.3 is 0 Å². The molecule has 150 valence electrons. The van der Waals surface area contributed by atoms with Gasteiger partial charge in [-0.05, 0) is 32.4 Å². The van der Waals surface area contributed by atoms with Crippen LogP contribution in [0, 0.1) is 13.8 Å². The number of thioether (sulfide) groups is 1. The second kappa shape index (κ2) is 8.00. The Balaban J connectivity index is 1.48. The lowest BCUT2D eigenvalue weighted by molar-refractivity contribution is 0.210. The number of fused-ring (bicyclic) bond motifs is 1. The van der Waals surface area contributed by atoms with Crippen molar-refractivity contribution in [1.29, 1.82) is 0 Å². The molecule has 0 bridgehead atoms. The van der Waals surface area contributed by atoms with E-state index in [9.17, 15) is 4.79 Å². The highest BCUT2D eigenvalue weighted by Crippen LogP contribution is 2.27. The number of benzene rings is 1. The number of nitrogens with zero attached hydrogens (tertiary/aromatic N) is 5. The van der Waals surface area contributed by atoms with Crippen LogP contribution >= 0.6 is 23.1 Å². The third-order valence-electron chi connectivity index (χ3n) is 4.57. The third-order valence-corrected chi connectivity index (χ3v) is 6.38. The molecule has 0 amide bonds. The quantitative estimate of drug-likeness (QED) is 0.434. The number of thiazole rings is 1. The maximum absolute atomic E-state index is 12.1. The molecular formula is C20H21N5O2S2. The van der Waals surface area contributed by atoms with Crippen LogP contribution in [0.2, 0.25) is 0 Å². The summed E-state index contributed by atoms with van der Waals surface area (Å²) >= 11 is 2.94. The summed E-state index contributed by atoms with van der Waals surface area (Å²) in [5.74, 6) is 2.13. The van der Waals surface area contributed by atoms with Crippen molar-refractivity contribution in [2.75, 3.05) is 0 Å². The smallest absolute Gasteiger partial charge is 0.258 e. The van der Waals surface area contributed by atoms with E-state index in [0.29, 0.717) is 10.7 Å². The molecule has 4 rings (SSSR count). The van der Waals surface area contributed by atoms with Gasteiger partial charge in [-0.2, -0.15) is 0 Å². The zero-order valence-electron chi connectivity index (χ0n) is 16.6. The van der Waals surface area contributed by atoms with Crippen LogP contribution in [0.15, 0.2) is 45.8 Å². The van der Waals surface area contributed by atoms with Gasteiger partial charge in [0.2, 0.25) is 0 Å². The highest BCUT2D eigenvalue weighted by Gasteiger charge is 2.18. The van der Waals surface area contributed by atoms with Crippen molar-refractivity contribution < 1.29 is 4.74 Å². The number of rotatable bonds is 6. The molecule has 0 N–H and O–H groups in total. The molecule has 0 fully saturated rings. The van der Waals surface area contributed by atoms with Crippen LogP contribution in [0.4, 0.5) is 0 Å². The molecule has 0 spiro atoms. The van der Waals surface area contributed by atoms with Gasteiger partial charge in [0.15, 0.2) is 22.0 Å². The Kier molecular flexibility index (Phi) is 5.42. The van der Waals surface area contributed by atoms with E-state index in [1.807, 2.05) is 43.0 Å². The van der Waals surface area contributed by atoms with Gasteiger partial charge in [0, 0.05) is 30.4 Å². The molecule has 1 atom stereocenters. The molecule has 1 unspecified atom stereocenters. The summed E-state index contributed by atoms with van der Waals surface area (Å²) in [5.41, 5.74) is 2.95. The second-order valence-corrected chi connectivity index (χ2v) is 8.67. The fourth-order valence-corrected chi connectivity index (χ4v) is 4.63. The molecule has 0 saturated carbocycles. The van der Waals surface area contributed by atoms with Gasteiger partial charge in [-0.3, -0.25) is 9.20 Å². The van der Waals surface area contributed by atoms with Crippen molar-refractivity contribution in [2.24, 2.45) is 7.05 Å². The molecular weight excluding hydrogens is 406 g/mol. The van der Waals surface area contributed by atoms with Crippen molar-refractivity contribution in [3.8, 4) is 5.75 Å². The number of hydrogen-bond acceptors (Lipinski definition) is 7. The average Bonchev–Trinajstić information content (AvgIpc) is 3.29. The van der Waals surface area contributed by atoms with E-state index in [1.54, 1.807) is 16.7 Å². The number of aromatic nitrogens is 5. The number of ether oxygens (including phenoxy) is 1. The van der Waals surface area contributed by atoms with Crippen LogP contribution in [0.5, 0.6) is 5.75 Å². The Hall–Kier alpha value is -2.65. The van der Waals surface area contributed by atoms with Crippen LogP contribution in [0.1, 0.15) is 35.7 Å². The van der Waals surface area contributed by atoms with E-state index in [1.165, 1.54) is 28.7 Å². The van der Waals surface area contributed by atoms with Gasteiger partial charge in [0.25, 0.3) is 5.56 Å². The minimum Gasteiger partial charge on any atom is -0.482 e. The SMILES string of the molecule is Cc1ccc(OC(C)c2nnc(SCc3cc(=O)n4ccsc4n3)n2C)c(C)c1. The van der Waals surface area contributed by atoms with E-state index < -0.39 is 0 Å². The first-order chi connectivity index (χ1) is 13.9. The van der Waals surface area contributed by atoms with Gasteiger partial charge in [-0.15, -0.1) is 21.5 Å². The van der Waals surface area contributed by atoms with E-state index in [-0.39, 0.29) is 11.7 Å². The highest BCUT2D eigenvalue weighted by atomic mass is 32.2. The molecule has 4 aromatic rings. The van der Waals surface area contributed by atoms with E-state index in [2.05, 4.69) is 28.2 Å². The zero-order chi connectivity index (χ0) is 20.5. The van der Waals surface area contributed by atoms with Crippen molar-refractivity contribution in [3.05, 3.63) is 68.8 Å². The zero-order valence-corrected chi connectivity index (χ0v) is 18.3. The molecule has 3 heterocycles. The predicted octanol–water partition coefficient (Wildman–Crippen LogP) is 3.93. The number of hydrogen-bond donors (Lipinski definition) is 0. The molecule has 1 aromatic carbocycles. The Bertz CT molecular complexity index is 1230. The molecule has 0 saturated heterocycles. The summed E-state index contributed by atoms with van der Waals surface area (Å²) < 4.78 is 9.58. The number of aryl methyl sites for hydroxylation is 2. The average molecular weight is 428 g/mol. The van der Waals surface area contributed by atoms with Crippen molar-refractivity contribution in [3.63, 3.8) is 0 Å². The first-order valence-corrected chi connectivity index (χ1v) is 11.0. The van der Waals surface area contributed by atoms with Crippen LogP contribution in [-0.4, -0.2) is 24.1 Å². The van der Waals surface area contributed by atoms with Crippen LogP contribution in [-0.2, 0) is 12.8 Å². The first kappa shape index (κ1) is 19.7. The second-order valence-electron chi connectivity index (χ2n) is 6.86. The van der Waals surface area contributed by atoms with Gasteiger partial charge in [0.1, 0.15) is 5.75 Å². The molecule has 3 aromatic heterocycles. The minimum atomic E-state index is -0.242. The largest absolute Gasteiger partial charge is 0.482 e. The monoisotopic (exact) mass is 427 g/mol. The van der Waals surface area contributed by atoms with Crippen LogP contribution in [0.3, 0.4) is 0 Å². The lowest BCUT2D eigenvalue weighted by atomic mass is 10.1. The first-order valence-electron chi connectivity index (χ1n) is 9.14. The Morgan fingerprint density at radius 1 is 1.24 bits per heavy atom. The molecule has 0 aliphatic heterocycles. The van der Waals surface area contributed by atoms with Crippen molar-refractivity contribution in [1.82, 2.24) is 24.1 Å². The maximum atomic E-state index is 12.1. The predicted molar refractivity (Wildman–Crippen MR) is 115 cm³/mol. The highest BCUT2D eigenvalue weighted by molar-refractivity contribution is 7.98. The molecule has 0 radical (unpaired) electrons.